The number of aromatic nitrogens is 1. The molecular formula is C23H24N2O3. The summed E-state index contributed by atoms with van der Waals surface area (Å²) < 4.78 is 7.42. The quantitative estimate of drug-likeness (QED) is 0.634. The van der Waals surface area contributed by atoms with Crippen molar-refractivity contribution in [2.24, 2.45) is 0 Å². The van der Waals surface area contributed by atoms with Gasteiger partial charge in [-0.05, 0) is 55.0 Å². The highest BCUT2D eigenvalue weighted by Crippen LogP contribution is 2.19. The van der Waals surface area contributed by atoms with E-state index in [4.69, 9.17) is 4.74 Å². The van der Waals surface area contributed by atoms with Gasteiger partial charge in [0.25, 0.3) is 5.91 Å². The van der Waals surface area contributed by atoms with E-state index in [1.165, 1.54) is 0 Å². The van der Waals surface area contributed by atoms with Crippen LogP contribution in [0.15, 0.2) is 54.6 Å². The molecule has 28 heavy (non-hydrogen) atoms. The van der Waals surface area contributed by atoms with Crippen molar-refractivity contribution in [1.82, 2.24) is 9.47 Å². The molecule has 0 N–H and O–H groups in total. The number of likely N-dealkylation sites (tertiary alicyclic amines) is 1. The van der Waals surface area contributed by atoms with E-state index < -0.39 is 0 Å². The highest BCUT2D eigenvalue weighted by Gasteiger charge is 2.19. The van der Waals surface area contributed by atoms with E-state index >= 15 is 0 Å². The molecule has 4 rings (SSSR count). The molecule has 1 aliphatic heterocycles. The minimum absolute atomic E-state index is 0.0796. The summed E-state index contributed by atoms with van der Waals surface area (Å²) in [4.78, 5) is 26.6. The molecule has 0 bridgehead atoms. The molecule has 1 saturated heterocycles. The number of hydrogen-bond acceptors (Lipinski definition) is 3. The highest BCUT2D eigenvalue weighted by atomic mass is 16.5. The second-order valence-corrected chi connectivity index (χ2v) is 7.29. The van der Waals surface area contributed by atoms with Crippen molar-refractivity contribution in [2.45, 2.75) is 32.9 Å². The van der Waals surface area contributed by atoms with Gasteiger partial charge in [0, 0.05) is 29.9 Å². The third kappa shape index (κ3) is 3.79. The zero-order chi connectivity index (χ0) is 19.5. The van der Waals surface area contributed by atoms with Gasteiger partial charge in [-0.25, -0.2) is 0 Å². The molecule has 0 spiro atoms. The van der Waals surface area contributed by atoms with Gasteiger partial charge < -0.3 is 14.2 Å². The number of benzene rings is 2. The summed E-state index contributed by atoms with van der Waals surface area (Å²) >= 11 is 0. The molecule has 0 aliphatic carbocycles. The summed E-state index contributed by atoms with van der Waals surface area (Å²) in [6.45, 7) is 4.06. The SMILES string of the molecule is Cc1cc2ccccc2n1CC(=O)OCc1ccc(C(=O)N2CCCC2)cc1. The van der Waals surface area contributed by atoms with Crippen LogP contribution in [0.3, 0.4) is 0 Å². The first-order chi connectivity index (χ1) is 13.6. The van der Waals surface area contributed by atoms with Crippen molar-refractivity contribution < 1.29 is 14.3 Å². The lowest BCUT2D eigenvalue weighted by Crippen LogP contribution is -2.27. The summed E-state index contributed by atoms with van der Waals surface area (Å²) in [7, 11) is 0. The Morgan fingerprint density at radius 3 is 2.46 bits per heavy atom. The minimum atomic E-state index is -0.276. The molecule has 1 amide bonds. The van der Waals surface area contributed by atoms with Crippen LogP contribution in [0.5, 0.6) is 0 Å². The predicted molar refractivity (Wildman–Crippen MR) is 108 cm³/mol. The van der Waals surface area contributed by atoms with E-state index in [1.54, 1.807) is 0 Å². The number of carbonyl (C=O) groups excluding carboxylic acids is 2. The van der Waals surface area contributed by atoms with Gasteiger partial charge in [-0.15, -0.1) is 0 Å². The Kier molecular flexibility index (Phi) is 5.15. The number of esters is 1. The van der Waals surface area contributed by atoms with E-state index in [0.717, 1.165) is 48.1 Å². The van der Waals surface area contributed by atoms with E-state index in [9.17, 15) is 9.59 Å². The Morgan fingerprint density at radius 2 is 1.71 bits per heavy atom. The van der Waals surface area contributed by atoms with Crippen molar-refractivity contribution in [1.29, 1.82) is 0 Å². The van der Waals surface area contributed by atoms with Crippen molar-refractivity contribution in [3.05, 3.63) is 71.4 Å². The third-order valence-corrected chi connectivity index (χ3v) is 5.30. The average molecular weight is 376 g/mol. The molecule has 0 atom stereocenters. The fourth-order valence-electron chi connectivity index (χ4n) is 3.74. The van der Waals surface area contributed by atoms with Crippen molar-refractivity contribution in [2.75, 3.05) is 13.1 Å². The van der Waals surface area contributed by atoms with Crippen LogP contribution in [0.1, 0.15) is 34.5 Å². The van der Waals surface area contributed by atoms with E-state index in [2.05, 4.69) is 6.07 Å². The molecule has 3 aromatic rings. The Bertz CT molecular complexity index is 998. The molecule has 2 heterocycles. The number of nitrogens with zero attached hydrogens (tertiary/aromatic N) is 2. The number of ether oxygens (including phenoxy) is 1. The summed E-state index contributed by atoms with van der Waals surface area (Å²) in [5.74, 6) is -0.197. The second kappa shape index (κ2) is 7.89. The molecule has 0 saturated carbocycles. The molecular weight excluding hydrogens is 352 g/mol. The maximum Gasteiger partial charge on any atom is 0.326 e. The molecule has 5 heteroatoms. The first kappa shape index (κ1) is 18.3. The van der Waals surface area contributed by atoms with Gasteiger partial charge in [-0.3, -0.25) is 9.59 Å². The van der Waals surface area contributed by atoms with Gasteiger partial charge in [0.2, 0.25) is 0 Å². The summed E-state index contributed by atoms with van der Waals surface area (Å²) in [5, 5.41) is 1.12. The maximum atomic E-state index is 12.4. The molecule has 1 aliphatic rings. The van der Waals surface area contributed by atoms with Crippen LogP contribution in [-0.4, -0.2) is 34.4 Å². The summed E-state index contributed by atoms with van der Waals surface area (Å²) in [5.41, 5.74) is 3.62. The first-order valence-electron chi connectivity index (χ1n) is 9.70. The van der Waals surface area contributed by atoms with Crippen molar-refractivity contribution in [3.8, 4) is 0 Å². The zero-order valence-electron chi connectivity index (χ0n) is 16.1. The summed E-state index contributed by atoms with van der Waals surface area (Å²) in [6, 6.07) is 17.4. The Morgan fingerprint density at radius 1 is 1.00 bits per heavy atom. The molecule has 1 aromatic heterocycles. The van der Waals surface area contributed by atoms with Crippen LogP contribution >= 0.6 is 0 Å². The Balaban J connectivity index is 1.35. The van der Waals surface area contributed by atoms with E-state index in [1.807, 2.05) is 64.9 Å². The summed E-state index contributed by atoms with van der Waals surface area (Å²) in [6.07, 6.45) is 2.16. The Labute approximate surface area is 164 Å². The zero-order valence-corrected chi connectivity index (χ0v) is 16.1. The molecule has 0 radical (unpaired) electrons. The smallest absolute Gasteiger partial charge is 0.326 e. The van der Waals surface area contributed by atoms with Gasteiger partial charge >= 0.3 is 5.97 Å². The van der Waals surface area contributed by atoms with Gasteiger partial charge in [0.15, 0.2) is 0 Å². The number of rotatable bonds is 5. The largest absolute Gasteiger partial charge is 0.459 e. The number of para-hydroxylation sites is 1. The molecule has 2 aromatic carbocycles. The predicted octanol–water partition coefficient (Wildman–Crippen LogP) is 3.93. The van der Waals surface area contributed by atoms with Crippen molar-refractivity contribution >= 4 is 22.8 Å². The molecule has 144 valence electrons. The van der Waals surface area contributed by atoms with Crippen LogP contribution in [0.4, 0.5) is 0 Å². The van der Waals surface area contributed by atoms with Crippen LogP contribution in [0, 0.1) is 6.92 Å². The van der Waals surface area contributed by atoms with Gasteiger partial charge in [-0.1, -0.05) is 30.3 Å². The molecule has 0 unspecified atom stereocenters. The number of aryl methyl sites for hydroxylation is 1. The van der Waals surface area contributed by atoms with Crippen LogP contribution < -0.4 is 0 Å². The van der Waals surface area contributed by atoms with Crippen LogP contribution in [0.25, 0.3) is 10.9 Å². The number of amides is 1. The lowest BCUT2D eigenvalue weighted by molar-refractivity contribution is -0.145. The van der Waals surface area contributed by atoms with Gasteiger partial charge in [0.1, 0.15) is 13.2 Å². The highest BCUT2D eigenvalue weighted by molar-refractivity contribution is 5.94. The first-order valence-corrected chi connectivity index (χ1v) is 9.70. The average Bonchev–Trinajstić information content (AvgIpc) is 3.35. The third-order valence-electron chi connectivity index (χ3n) is 5.30. The number of fused-ring (bicyclic) bond motifs is 1. The monoisotopic (exact) mass is 376 g/mol. The topological polar surface area (TPSA) is 51.5 Å². The van der Waals surface area contributed by atoms with Gasteiger partial charge in [0.05, 0.1) is 0 Å². The number of carbonyl (C=O) groups is 2. The van der Waals surface area contributed by atoms with Crippen molar-refractivity contribution in [3.63, 3.8) is 0 Å². The fraction of sp³-hybridized carbons (Fsp3) is 0.304. The maximum absolute atomic E-state index is 12.4. The molecule has 1 fully saturated rings. The van der Waals surface area contributed by atoms with Gasteiger partial charge in [-0.2, -0.15) is 0 Å². The molecule has 5 nitrogen and oxygen atoms in total. The normalized spacial score (nSPS) is 13.8. The standard InChI is InChI=1S/C23H24N2O3/c1-17-14-20-6-2-3-7-21(20)25(17)15-22(26)28-16-18-8-10-19(11-9-18)23(27)24-12-4-5-13-24/h2-3,6-11,14H,4-5,12-13,15-16H2,1H3. The Hall–Kier alpha value is -3.08. The van der Waals surface area contributed by atoms with E-state index in [0.29, 0.717) is 5.56 Å². The van der Waals surface area contributed by atoms with E-state index in [-0.39, 0.29) is 25.0 Å². The van der Waals surface area contributed by atoms with Crippen LogP contribution in [0.2, 0.25) is 0 Å². The lowest BCUT2D eigenvalue weighted by atomic mass is 10.1. The second-order valence-electron chi connectivity index (χ2n) is 7.29. The van der Waals surface area contributed by atoms with Crippen LogP contribution in [-0.2, 0) is 22.7 Å². The minimum Gasteiger partial charge on any atom is -0.459 e. The number of hydrogen-bond donors (Lipinski definition) is 0. The fourth-order valence-corrected chi connectivity index (χ4v) is 3.74. The lowest BCUT2D eigenvalue weighted by Gasteiger charge is -2.15.